The van der Waals surface area contributed by atoms with Crippen LogP contribution in [-0.2, 0) is 18.8 Å². The van der Waals surface area contributed by atoms with Gasteiger partial charge in [0, 0.05) is 0 Å². The highest BCUT2D eigenvalue weighted by atomic mass is 16.7. The van der Waals surface area contributed by atoms with E-state index in [9.17, 15) is 0 Å². The molecule has 3 rings (SSSR count). The van der Waals surface area contributed by atoms with Crippen LogP contribution in [0.15, 0.2) is 23.1 Å². The van der Waals surface area contributed by atoms with Crippen molar-refractivity contribution in [2.75, 3.05) is 13.7 Å². The van der Waals surface area contributed by atoms with Gasteiger partial charge in [-0.3, -0.25) is 0 Å². The largest absolute Gasteiger partial charge is 0.502 e. The van der Waals surface area contributed by atoms with Crippen molar-refractivity contribution in [1.29, 1.82) is 0 Å². The third-order valence-electron chi connectivity index (χ3n) is 4.74. The van der Waals surface area contributed by atoms with Crippen LogP contribution in [0.2, 0.25) is 0 Å². The van der Waals surface area contributed by atoms with Crippen LogP contribution in [0, 0.1) is 5.92 Å². The molecule has 1 saturated heterocycles. The zero-order chi connectivity index (χ0) is 14.5. The highest BCUT2D eigenvalue weighted by molar-refractivity contribution is 6.56. The summed E-state index contributed by atoms with van der Waals surface area (Å²) in [5.74, 6) is 1.16. The smallest absolute Gasteiger partial charge is 0.469 e. The Hall–Kier alpha value is -0.935. The minimum absolute atomic E-state index is 0.352. The van der Waals surface area contributed by atoms with Gasteiger partial charge in [0.1, 0.15) is 6.61 Å². The molecule has 2 fully saturated rings. The number of allylic oxidation sites excluding steroid dienone is 2. The summed E-state index contributed by atoms with van der Waals surface area (Å²) >= 11 is 0. The Morgan fingerprint density at radius 1 is 1.15 bits per heavy atom. The maximum atomic E-state index is 6.16. The third kappa shape index (κ3) is 2.17. The maximum Gasteiger partial charge on any atom is 0.502 e. The summed E-state index contributed by atoms with van der Waals surface area (Å²) in [5.41, 5.74) is 1.53. The molecule has 4 nitrogen and oxygen atoms in total. The normalized spacial score (nSPS) is 28.2. The summed E-state index contributed by atoms with van der Waals surface area (Å²) in [7, 11) is 1.22. The van der Waals surface area contributed by atoms with Crippen molar-refractivity contribution in [2.24, 2.45) is 5.92 Å². The van der Waals surface area contributed by atoms with Gasteiger partial charge >= 0.3 is 7.12 Å². The van der Waals surface area contributed by atoms with Crippen molar-refractivity contribution in [1.82, 2.24) is 0 Å². The predicted molar refractivity (Wildman–Crippen MR) is 76.9 cm³/mol. The quantitative estimate of drug-likeness (QED) is 0.744. The fraction of sp³-hybridized carbons (Fsp3) is 0.733. The van der Waals surface area contributed by atoms with E-state index in [-0.39, 0.29) is 11.2 Å². The molecule has 2 heterocycles. The lowest BCUT2D eigenvalue weighted by Gasteiger charge is -2.32. The van der Waals surface area contributed by atoms with Crippen LogP contribution in [-0.4, -0.2) is 32.0 Å². The molecule has 0 spiro atoms. The standard InChI is InChI=1S/C15H23BO4/c1-14(2)15(3,4)20-16(19-14)12-11(10-6-7-10)8-9-18-13(12)17-5/h8,10H,6-7,9H2,1-5H3. The molecule has 0 N–H and O–H groups in total. The Bertz CT molecular complexity index is 458. The molecule has 0 aromatic rings. The van der Waals surface area contributed by atoms with Crippen LogP contribution >= 0.6 is 0 Å². The molecule has 0 atom stereocenters. The van der Waals surface area contributed by atoms with E-state index in [2.05, 4.69) is 33.8 Å². The van der Waals surface area contributed by atoms with Crippen LogP contribution in [0.25, 0.3) is 0 Å². The number of rotatable bonds is 3. The van der Waals surface area contributed by atoms with Gasteiger partial charge in [0.2, 0.25) is 0 Å². The molecule has 0 radical (unpaired) electrons. The van der Waals surface area contributed by atoms with E-state index < -0.39 is 7.12 Å². The molecule has 0 aromatic carbocycles. The van der Waals surface area contributed by atoms with Crippen molar-refractivity contribution in [2.45, 2.75) is 51.7 Å². The molecule has 0 bridgehead atoms. The minimum atomic E-state index is -0.415. The first-order valence-corrected chi connectivity index (χ1v) is 7.33. The van der Waals surface area contributed by atoms with Crippen molar-refractivity contribution < 1.29 is 18.8 Å². The van der Waals surface area contributed by atoms with Crippen LogP contribution in [0.3, 0.4) is 0 Å². The Labute approximate surface area is 121 Å². The SMILES string of the molecule is COC1=C(B2OC(C)(C)C(C)(C)O2)C(C2CC2)=CCO1. The maximum absolute atomic E-state index is 6.16. The number of hydrogen-bond donors (Lipinski definition) is 0. The molecule has 1 saturated carbocycles. The molecular weight excluding hydrogens is 255 g/mol. The predicted octanol–water partition coefficient (Wildman–Crippen LogP) is 2.84. The molecule has 3 aliphatic rings. The Morgan fingerprint density at radius 3 is 2.25 bits per heavy atom. The summed E-state index contributed by atoms with van der Waals surface area (Å²) in [6.07, 6.45) is 4.60. The van der Waals surface area contributed by atoms with Crippen LogP contribution in [0.1, 0.15) is 40.5 Å². The van der Waals surface area contributed by atoms with Crippen molar-refractivity contribution in [3.05, 3.63) is 23.1 Å². The third-order valence-corrected chi connectivity index (χ3v) is 4.74. The Morgan fingerprint density at radius 2 is 1.75 bits per heavy atom. The summed E-state index contributed by atoms with van der Waals surface area (Å²) in [6.45, 7) is 8.81. The topological polar surface area (TPSA) is 36.9 Å². The molecular formula is C15H23BO4. The van der Waals surface area contributed by atoms with E-state index in [1.54, 1.807) is 7.11 Å². The Kier molecular flexibility index (Phi) is 3.18. The summed E-state index contributed by atoms with van der Waals surface area (Å²) in [6, 6.07) is 0. The van der Waals surface area contributed by atoms with Gasteiger partial charge < -0.3 is 18.8 Å². The van der Waals surface area contributed by atoms with Gasteiger partial charge in [-0.05, 0) is 58.1 Å². The van der Waals surface area contributed by atoms with E-state index in [1.165, 1.54) is 18.4 Å². The van der Waals surface area contributed by atoms with Crippen molar-refractivity contribution >= 4 is 7.12 Å². The number of ether oxygens (including phenoxy) is 2. The van der Waals surface area contributed by atoms with Gasteiger partial charge in [0.25, 0.3) is 5.95 Å². The lowest BCUT2D eigenvalue weighted by molar-refractivity contribution is 0.00578. The second-order valence-electron chi connectivity index (χ2n) is 6.74. The summed E-state index contributed by atoms with van der Waals surface area (Å²) in [5, 5.41) is 0. The number of hydrogen-bond acceptors (Lipinski definition) is 4. The monoisotopic (exact) mass is 278 g/mol. The van der Waals surface area contributed by atoms with Gasteiger partial charge in [0.05, 0.1) is 23.8 Å². The summed E-state index contributed by atoms with van der Waals surface area (Å²) < 4.78 is 23.4. The fourth-order valence-electron chi connectivity index (χ4n) is 2.66. The molecule has 1 aliphatic carbocycles. The van der Waals surface area contributed by atoms with Crippen molar-refractivity contribution in [3.8, 4) is 0 Å². The Balaban J connectivity index is 1.94. The lowest BCUT2D eigenvalue weighted by Crippen LogP contribution is -2.41. The molecule has 0 unspecified atom stereocenters. The van der Waals surface area contributed by atoms with Gasteiger partial charge in [-0.2, -0.15) is 0 Å². The molecule has 110 valence electrons. The molecule has 20 heavy (non-hydrogen) atoms. The van der Waals surface area contributed by atoms with E-state index in [4.69, 9.17) is 18.8 Å². The van der Waals surface area contributed by atoms with Crippen LogP contribution in [0.4, 0.5) is 0 Å². The van der Waals surface area contributed by atoms with Crippen LogP contribution in [0.5, 0.6) is 0 Å². The van der Waals surface area contributed by atoms with E-state index in [0.29, 0.717) is 18.5 Å². The zero-order valence-electron chi connectivity index (χ0n) is 13.0. The molecule has 5 heteroatoms. The van der Waals surface area contributed by atoms with E-state index >= 15 is 0 Å². The first kappa shape index (κ1) is 14.0. The average Bonchev–Trinajstić information content (AvgIpc) is 3.17. The first-order chi connectivity index (χ1) is 9.36. The first-order valence-electron chi connectivity index (χ1n) is 7.33. The lowest BCUT2D eigenvalue weighted by atomic mass is 9.72. The van der Waals surface area contributed by atoms with Gasteiger partial charge in [-0.1, -0.05) is 0 Å². The van der Waals surface area contributed by atoms with Crippen LogP contribution < -0.4 is 0 Å². The van der Waals surface area contributed by atoms with E-state index in [0.717, 1.165) is 5.47 Å². The average molecular weight is 278 g/mol. The van der Waals surface area contributed by atoms with Crippen molar-refractivity contribution in [3.63, 3.8) is 0 Å². The van der Waals surface area contributed by atoms with E-state index in [1.807, 2.05) is 0 Å². The molecule has 0 aromatic heterocycles. The second-order valence-corrected chi connectivity index (χ2v) is 6.74. The van der Waals surface area contributed by atoms with Gasteiger partial charge in [0.15, 0.2) is 0 Å². The molecule has 2 aliphatic heterocycles. The molecule has 0 amide bonds. The minimum Gasteiger partial charge on any atom is -0.469 e. The van der Waals surface area contributed by atoms with Gasteiger partial charge in [-0.15, -0.1) is 0 Å². The highest BCUT2D eigenvalue weighted by Gasteiger charge is 2.55. The second kappa shape index (κ2) is 4.53. The fourth-order valence-corrected chi connectivity index (χ4v) is 2.66. The van der Waals surface area contributed by atoms with Gasteiger partial charge in [-0.25, -0.2) is 0 Å². The zero-order valence-corrected chi connectivity index (χ0v) is 13.0. The number of methoxy groups -OCH3 is 1. The summed E-state index contributed by atoms with van der Waals surface area (Å²) in [4.78, 5) is 0. The highest BCUT2D eigenvalue weighted by Crippen LogP contribution is 2.47.